The predicted molar refractivity (Wildman–Crippen MR) is 84.5 cm³/mol. The fourth-order valence-electron chi connectivity index (χ4n) is 2.69. The van der Waals surface area contributed by atoms with E-state index in [0.717, 1.165) is 44.1 Å². The van der Waals surface area contributed by atoms with Crippen molar-refractivity contribution >= 4 is 5.82 Å². The molecule has 0 amide bonds. The van der Waals surface area contributed by atoms with Crippen molar-refractivity contribution in [3.05, 3.63) is 53.7 Å². The van der Waals surface area contributed by atoms with Crippen LogP contribution in [0.15, 0.2) is 42.6 Å². The largest absolute Gasteiger partial charge is 0.508 e. The second kappa shape index (κ2) is 6.46. The molecule has 3 rings (SSSR count). The van der Waals surface area contributed by atoms with E-state index in [1.165, 1.54) is 0 Å². The lowest BCUT2D eigenvalue weighted by Gasteiger charge is -2.35. The lowest BCUT2D eigenvalue weighted by molar-refractivity contribution is 0.249. The smallest absolute Gasteiger partial charge is 0.128 e. The summed E-state index contributed by atoms with van der Waals surface area (Å²) in [5.74, 6) is 1.24. The number of hydrogen-bond acceptors (Lipinski definition) is 5. The van der Waals surface area contributed by atoms with E-state index in [9.17, 15) is 5.11 Å². The summed E-state index contributed by atoms with van der Waals surface area (Å²) in [6.45, 7) is 4.59. The second-order valence-corrected chi connectivity index (χ2v) is 5.45. The molecule has 1 aliphatic rings. The van der Waals surface area contributed by atoms with Crippen molar-refractivity contribution in [2.45, 2.75) is 6.54 Å². The third-order valence-corrected chi connectivity index (χ3v) is 3.89. The van der Waals surface area contributed by atoms with Crippen LogP contribution in [0.1, 0.15) is 11.1 Å². The van der Waals surface area contributed by atoms with Gasteiger partial charge in [-0.15, -0.1) is 0 Å². The van der Waals surface area contributed by atoms with Crippen LogP contribution in [-0.2, 0) is 6.54 Å². The lowest BCUT2D eigenvalue weighted by atomic mass is 10.2. The fourth-order valence-corrected chi connectivity index (χ4v) is 2.69. The van der Waals surface area contributed by atoms with Gasteiger partial charge in [0.05, 0.1) is 5.56 Å². The van der Waals surface area contributed by atoms with Gasteiger partial charge in [-0.05, 0) is 29.8 Å². The van der Waals surface area contributed by atoms with Crippen LogP contribution < -0.4 is 4.90 Å². The van der Waals surface area contributed by atoms with Crippen LogP contribution in [0.3, 0.4) is 0 Å². The summed E-state index contributed by atoms with van der Waals surface area (Å²) in [5.41, 5.74) is 1.72. The molecular formula is C17H18N4O. The Hall–Kier alpha value is -2.58. The zero-order valence-corrected chi connectivity index (χ0v) is 12.3. The first-order chi connectivity index (χ1) is 10.7. The normalized spacial score (nSPS) is 15.5. The number of phenolic OH excluding ortho intramolecular Hbond substituents is 1. The summed E-state index contributed by atoms with van der Waals surface area (Å²) in [5, 5.41) is 18.3. The average Bonchev–Trinajstić information content (AvgIpc) is 2.56. The minimum atomic E-state index is 0.318. The topological polar surface area (TPSA) is 63.4 Å². The van der Waals surface area contributed by atoms with Crippen LogP contribution in [0.25, 0.3) is 0 Å². The molecule has 112 valence electrons. The van der Waals surface area contributed by atoms with Crippen LogP contribution >= 0.6 is 0 Å². The van der Waals surface area contributed by atoms with Crippen LogP contribution in [0, 0.1) is 11.3 Å². The molecule has 1 aromatic carbocycles. The summed E-state index contributed by atoms with van der Waals surface area (Å²) in [6, 6.07) is 13.2. The van der Waals surface area contributed by atoms with Gasteiger partial charge in [0.15, 0.2) is 0 Å². The maximum Gasteiger partial charge on any atom is 0.128 e. The first-order valence-corrected chi connectivity index (χ1v) is 7.36. The summed E-state index contributed by atoms with van der Waals surface area (Å²) >= 11 is 0. The van der Waals surface area contributed by atoms with E-state index in [2.05, 4.69) is 20.9 Å². The highest BCUT2D eigenvalue weighted by atomic mass is 16.3. The number of piperazine rings is 1. The van der Waals surface area contributed by atoms with Gasteiger partial charge in [0.1, 0.15) is 17.6 Å². The molecule has 1 fully saturated rings. The Morgan fingerprint density at radius 1 is 1.14 bits per heavy atom. The van der Waals surface area contributed by atoms with Gasteiger partial charge < -0.3 is 10.0 Å². The highest BCUT2D eigenvalue weighted by molar-refractivity contribution is 5.42. The molecule has 1 N–H and O–H groups in total. The molecule has 0 radical (unpaired) electrons. The summed E-state index contributed by atoms with van der Waals surface area (Å²) in [4.78, 5) is 8.95. The molecule has 2 aromatic rings. The van der Waals surface area contributed by atoms with Gasteiger partial charge in [0.2, 0.25) is 0 Å². The van der Waals surface area contributed by atoms with Crippen LogP contribution in [0.4, 0.5) is 5.82 Å². The number of pyridine rings is 1. The molecule has 5 nitrogen and oxygen atoms in total. The molecule has 22 heavy (non-hydrogen) atoms. The highest BCUT2D eigenvalue weighted by Gasteiger charge is 2.18. The molecule has 0 atom stereocenters. The van der Waals surface area contributed by atoms with Crippen LogP contribution in [0.5, 0.6) is 5.75 Å². The maximum atomic E-state index is 9.52. The molecule has 0 bridgehead atoms. The van der Waals surface area contributed by atoms with Gasteiger partial charge in [-0.1, -0.05) is 12.1 Å². The molecule has 2 heterocycles. The molecule has 1 aromatic heterocycles. The SMILES string of the molecule is N#Cc1ccc(N2CCN(Cc3cccc(O)c3)CC2)nc1. The third kappa shape index (κ3) is 3.35. The number of anilines is 1. The average molecular weight is 294 g/mol. The first-order valence-electron chi connectivity index (χ1n) is 7.36. The number of benzene rings is 1. The monoisotopic (exact) mass is 294 g/mol. The zero-order valence-electron chi connectivity index (χ0n) is 12.3. The van der Waals surface area contributed by atoms with Crippen LogP contribution in [-0.4, -0.2) is 41.2 Å². The van der Waals surface area contributed by atoms with Crippen LogP contribution in [0.2, 0.25) is 0 Å². The van der Waals surface area contributed by atoms with Crippen molar-refractivity contribution < 1.29 is 5.11 Å². The Morgan fingerprint density at radius 3 is 2.59 bits per heavy atom. The van der Waals surface area contributed by atoms with E-state index in [0.29, 0.717) is 11.3 Å². The van der Waals surface area contributed by atoms with Gasteiger partial charge in [-0.25, -0.2) is 4.98 Å². The Morgan fingerprint density at radius 2 is 1.95 bits per heavy atom. The second-order valence-electron chi connectivity index (χ2n) is 5.45. The summed E-state index contributed by atoms with van der Waals surface area (Å²) in [6.07, 6.45) is 1.62. The number of aromatic hydroxyl groups is 1. The predicted octanol–water partition coefficient (Wildman–Crippen LogP) is 1.98. The van der Waals surface area contributed by atoms with Crippen molar-refractivity contribution in [2.75, 3.05) is 31.1 Å². The maximum absolute atomic E-state index is 9.52. The quantitative estimate of drug-likeness (QED) is 0.938. The van der Waals surface area contributed by atoms with Crippen molar-refractivity contribution in [3.8, 4) is 11.8 Å². The number of hydrogen-bond donors (Lipinski definition) is 1. The van der Waals surface area contributed by atoms with E-state index < -0.39 is 0 Å². The van der Waals surface area contributed by atoms with Crippen molar-refractivity contribution in [1.29, 1.82) is 5.26 Å². The Balaban J connectivity index is 1.57. The molecule has 0 saturated carbocycles. The van der Waals surface area contributed by atoms with Gasteiger partial charge in [-0.2, -0.15) is 5.26 Å². The van der Waals surface area contributed by atoms with Gasteiger partial charge in [-0.3, -0.25) is 4.90 Å². The summed E-state index contributed by atoms with van der Waals surface area (Å²) < 4.78 is 0. The molecule has 0 unspecified atom stereocenters. The number of rotatable bonds is 3. The fraction of sp³-hybridized carbons (Fsp3) is 0.294. The number of phenols is 1. The molecule has 5 heteroatoms. The Kier molecular flexibility index (Phi) is 4.22. The van der Waals surface area contributed by atoms with Crippen molar-refractivity contribution in [3.63, 3.8) is 0 Å². The third-order valence-electron chi connectivity index (χ3n) is 3.89. The van der Waals surface area contributed by atoms with E-state index in [1.54, 1.807) is 18.3 Å². The number of nitrogens with zero attached hydrogens (tertiary/aromatic N) is 4. The van der Waals surface area contributed by atoms with Crippen molar-refractivity contribution in [2.24, 2.45) is 0 Å². The van der Waals surface area contributed by atoms with E-state index >= 15 is 0 Å². The van der Waals surface area contributed by atoms with Gasteiger partial charge in [0, 0.05) is 38.9 Å². The van der Waals surface area contributed by atoms with E-state index in [4.69, 9.17) is 5.26 Å². The molecule has 1 aliphatic heterocycles. The molecule has 0 aliphatic carbocycles. The first kappa shape index (κ1) is 14.4. The highest BCUT2D eigenvalue weighted by Crippen LogP contribution is 2.17. The molecular weight excluding hydrogens is 276 g/mol. The van der Waals surface area contributed by atoms with E-state index in [1.807, 2.05) is 24.3 Å². The Labute approximate surface area is 130 Å². The van der Waals surface area contributed by atoms with E-state index in [-0.39, 0.29) is 0 Å². The summed E-state index contributed by atoms with van der Waals surface area (Å²) in [7, 11) is 0. The minimum absolute atomic E-state index is 0.318. The zero-order chi connectivity index (χ0) is 15.4. The lowest BCUT2D eigenvalue weighted by Crippen LogP contribution is -2.46. The molecule has 1 saturated heterocycles. The Bertz CT molecular complexity index is 670. The number of aromatic nitrogens is 1. The van der Waals surface area contributed by atoms with Gasteiger partial charge in [0.25, 0.3) is 0 Å². The molecule has 0 spiro atoms. The van der Waals surface area contributed by atoms with Crippen molar-refractivity contribution in [1.82, 2.24) is 9.88 Å². The van der Waals surface area contributed by atoms with Gasteiger partial charge >= 0.3 is 0 Å². The minimum Gasteiger partial charge on any atom is -0.508 e. The standard InChI is InChI=1S/C17H18N4O/c18-11-15-4-5-17(19-12-15)21-8-6-20(7-9-21)13-14-2-1-3-16(22)10-14/h1-5,10,12,22H,6-9,13H2. The number of nitriles is 1.